The Hall–Kier alpha value is -1.36. The largest absolute Gasteiger partial charge is 0.316 e. The lowest BCUT2D eigenvalue weighted by Crippen LogP contribution is -2.67. The summed E-state index contributed by atoms with van der Waals surface area (Å²) in [7, 11) is 5.49. The van der Waals surface area contributed by atoms with E-state index in [1.165, 1.54) is 0 Å². The van der Waals surface area contributed by atoms with Crippen LogP contribution in [0.2, 0.25) is 0 Å². The first-order chi connectivity index (χ1) is 9.17. The number of aliphatic imine (C=N–C) groups is 2. The highest BCUT2D eigenvalue weighted by Gasteiger charge is 2.47. The number of nitrogens with zero attached hydrogens (tertiary/aromatic N) is 2. The summed E-state index contributed by atoms with van der Waals surface area (Å²) in [5.41, 5.74) is -0.470. The third-order valence-electron chi connectivity index (χ3n) is 3.88. The Kier molecular flexibility index (Phi) is 6.02. The molecule has 0 spiro atoms. The van der Waals surface area contributed by atoms with Crippen molar-refractivity contribution in [3.63, 3.8) is 0 Å². The smallest absolute Gasteiger partial charge is 0.235 e. The Morgan fingerprint density at radius 1 is 1.26 bits per heavy atom. The molecule has 1 fully saturated rings. The maximum atomic E-state index is 10.5. The maximum absolute atomic E-state index is 10.5. The van der Waals surface area contributed by atoms with Crippen molar-refractivity contribution in [2.75, 3.05) is 27.7 Å². The predicted molar refractivity (Wildman–Crippen MR) is 70.8 cm³/mol. The van der Waals surface area contributed by atoms with Crippen LogP contribution in [0.3, 0.4) is 0 Å². The van der Waals surface area contributed by atoms with E-state index in [2.05, 4.69) is 25.9 Å². The van der Waals surface area contributed by atoms with Crippen LogP contribution < -0.4 is 16.0 Å². The van der Waals surface area contributed by atoms with Crippen molar-refractivity contribution in [2.45, 2.75) is 24.5 Å². The molecule has 0 aromatic rings. The molecule has 105 valence electrons. The van der Waals surface area contributed by atoms with Crippen LogP contribution in [-0.4, -0.2) is 51.6 Å². The van der Waals surface area contributed by atoms with Crippen molar-refractivity contribution < 1.29 is 9.59 Å². The summed E-state index contributed by atoms with van der Waals surface area (Å²) >= 11 is 0. The van der Waals surface area contributed by atoms with E-state index in [9.17, 15) is 9.59 Å². The van der Waals surface area contributed by atoms with Crippen LogP contribution in [0.5, 0.6) is 0 Å². The minimum absolute atomic E-state index is 0.0413. The normalized spacial score (nSPS) is 26.3. The van der Waals surface area contributed by atoms with Crippen molar-refractivity contribution >= 4 is 12.2 Å². The van der Waals surface area contributed by atoms with E-state index in [1.54, 1.807) is 12.2 Å². The Labute approximate surface area is 113 Å². The third-order valence-corrected chi connectivity index (χ3v) is 3.88. The molecule has 0 aromatic heterocycles. The number of carbonyl (C=O) groups excluding carboxylic acids is 2. The quantitative estimate of drug-likeness (QED) is 0.336. The molecule has 1 aliphatic rings. The van der Waals surface area contributed by atoms with Gasteiger partial charge in [-0.3, -0.25) is 0 Å². The molecule has 19 heavy (non-hydrogen) atoms. The fourth-order valence-corrected chi connectivity index (χ4v) is 2.81. The molecule has 7 heteroatoms. The SMILES string of the molecule is CNC1C[C](N=C=O)CC(NC)(NC)C1CN=C=O. The van der Waals surface area contributed by atoms with Gasteiger partial charge in [0.15, 0.2) is 0 Å². The van der Waals surface area contributed by atoms with E-state index in [0.29, 0.717) is 19.4 Å². The second-order valence-corrected chi connectivity index (χ2v) is 4.56. The first-order valence-corrected chi connectivity index (χ1v) is 6.18. The molecule has 0 aromatic carbocycles. The van der Waals surface area contributed by atoms with E-state index in [-0.39, 0.29) is 12.0 Å². The first kappa shape index (κ1) is 15.7. The van der Waals surface area contributed by atoms with E-state index in [1.807, 2.05) is 21.1 Å². The molecular weight excluding hydrogens is 246 g/mol. The van der Waals surface area contributed by atoms with Gasteiger partial charge in [0.05, 0.1) is 12.2 Å². The predicted octanol–water partition coefficient (Wildman–Crippen LogP) is -0.677. The summed E-state index contributed by atoms with van der Waals surface area (Å²) in [4.78, 5) is 28.3. The van der Waals surface area contributed by atoms with Gasteiger partial charge in [0.1, 0.15) is 6.04 Å². The minimum atomic E-state index is -0.470. The minimum Gasteiger partial charge on any atom is -0.316 e. The summed E-state index contributed by atoms with van der Waals surface area (Å²) in [5.74, 6) is 0.0413. The monoisotopic (exact) mass is 266 g/mol. The van der Waals surface area contributed by atoms with Crippen molar-refractivity contribution in [1.82, 2.24) is 16.0 Å². The first-order valence-electron chi connectivity index (χ1n) is 6.18. The fraction of sp³-hybridized carbons (Fsp3) is 0.750. The Morgan fingerprint density at radius 2 is 1.95 bits per heavy atom. The maximum Gasteiger partial charge on any atom is 0.235 e. The number of rotatable bonds is 6. The van der Waals surface area contributed by atoms with Crippen molar-refractivity contribution in [3.8, 4) is 0 Å². The highest BCUT2D eigenvalue weighted by atomic mass is 16.1. The van der Waals surface area contributed by atoms with Gasteiger partial charge in [-0.05, 0) is 27.6 Å². The van der Waals surface area contributed by atoms with Gasteiger partial charge in [-0.1, -0.05) is 0 Å². The zero-order valence-corrected chi connectivity index (χ0v) is 11.5. The summed E-state index contributed by atoms with van der Waals surface area (Å²) in [5, 5.41) is 9.65. The van der Waals surface area contributed by atoms with Crippen LogP contribution in [0.25, 0.3) is 0 Å². The van der Waals surface area contributed by atoms with Crippen molar-refractivity contribution in [1.29, 1.82) is 0 Å². The van der Waals surface area contributed by atoms with Gasteiger partial charge in [0.2, 0.25) is 12.2 Å². The van der Waals surface area contributed by atoms with Gasteiger partial charge in [0.25, 0.3) is 0 Å². The standard InChI is InChI=1S/C12H20N5O2/c1-13-11-4-9(17-8-19)5-12(14-2,15-3)10(11)6-16-7-18/h10-11,13-15H,4-6H2,1-3H3. The third kappa shape index (κ3) is 3.35. The zero-order valence-electron chi connectivity index (χ0n) is 11.5. The Morgan fingerprint density at radius 3 is 2.42 bits per heavy atom. The molecule has 0 amide bonds. The molecule has 3 N–H and O–H groups in total. The van der Waals surface area contributed by atoms with Gasteiger partial charge in [-0.15, -0.1) is 0 Å². The number of isocyanates is 2. The van der Waals surface area contributed by atoms with E-state index < -0.39 is 5.66 Å². The second kappa shape index (κ2) is 7.28. The van der Waals surface area contributed by atoms with Gasteiger partial charge >= 0.3 is 0 Å². The number of nitrogens with one attached hydrogen (secondary N) is 3. The molecular formula is C12H20N5O2. The van der Waals surface area contributed by atoms with Crippen molar-refractivity contribution in [2.24, 2.45) is 15.9 Å². The van der Waals surface area contributed by atoms with E-state index >= 15 is 0 Å². The lowest BCUT2D eigenvalue weighted by Gasteiger charge is -2.48. The van der Waals surface area contributed by atoms with Gasteiger partial charge in [-0.25, -0.2) is 14.6 Å². The molecule has 0 heterocycles. The van der Waals surface area contributed by atoms with Crippen LogP contribution >= 0.6 is 0 Å². The molecule has 2 atom stereocenters. The lowest BCUT2D eigenvalue weighted by atomic mass is 9.73. The topological polar surface area (TPSA) is 94.9 Å². The molecule has 0 saturated heterocycles. The molecule has 0 aliphatic heterocycles. The Balaban J connectivity index is 3.07. The van der Waals surface area contributed by atoms with Crippen LogP contribution in [0.4, 0.5) is 0 Å². The highest BCUT2D eigenvalue weighted by molar-refractivity contribution is 5.36. The highest BCUT2D eigenvalue weighted by Crippen LogP contribution is 2.37. The molecule has 2 unspecified atom stereocenters. The molecule has 1 saturated carbocycles. The summed E-state index contributed by atoms with van der Waals surface area (Å²) in [6.07, 6.45) is 4.37. The molecule has 1 rings (SSSR count). The summed E-state index contributed by atoms with van der Waals surface area (Å²) in [6.45, 7) is 0.356. The van der Waals surface area contributed by atoms with Crippen LogP contribution in [0.1, 0.15) is 12.8 Å². The van der Waals surface area contributed by atoms with Gasteiger partial charge in [0, 0.05) is 18.4 Å². The van der Waals surface area contributed by atoms with Crippen LogP contribution in [0, 0.1) is 12.0 Å². The second-order valence-electron chi connectivity index (χ2n) is 4.56. The van der Waals surface area contributed by atoms with Gasteiger partial charge < -0.3 is 16.0 Å². The van der Waals surface area contributed by atoms with Crippen molar-refractivity contribution in [3.05, 3.63) is 6.04 Å². The molecule has 1 radical (unpaired) electrons. The van der Waals surface area contributed by atoms with Crippen LogP contribution in [-0.2, 0) is 9.59 Å². The van der Waals surface area contributed by atoms with Gasteiger partial charge in [-0.2, -0.15) is 4.99 Å². The summed E-state index contributed by atoms with van der Waals surface area (Å²) in [6, 6.07) is 0.822. The zero-order chi connectivity index (χ0) is 14.3. The van der Waals surface area contributed by atoms with E-state index in [0.717, 1.165) is 6.04 Å². The molecule has 1 aliphatic carbocycles. The van der Waals surface area contributed by atoms with Crippen LogP contribution in [0.15, 0.2) is 9.98 Å². The van der Waals surface area contributed by atoms with E-state index in [4.69, 9.17) is 0 Å². The lowest BCUT2D eigenvalue weighted by molar-refractivity contribution is 0.106. The summed E-state index contributed by atoms with van der Waals surface area (Å²) < 4.78 is 0. The molecule has 7 nitrogen and oxygen atoms in total. The number of hydrogen-bond donors (Lipinski definition) is 3. The Bertz CT molecular complexity index is 384. The average molecular weight is 266 g/mol. The number of hydrogen-bond acceptors (Lipinski definition) is 7. The average Bonchev–Trinajstić information content (AvgIpc) is 2.45. The molecule has 0 bridgehead atoms. The fourth-order valence-electron chi connectivity index (χ4n) is 2.81.